The summed E-state index contributed by atoms with van der Waals surface area (Å²) in [5.41, 5.74) is -1.25. The predicted octanol–water partition coefficient (Wildman–Crippen LogP) is 4.91. The normalized spacial score (nSPS) is 15.6. The van der Waals surface area contributed by atoms with Crippen molar-refractivity contribution in [3.8, 4) is 17.2 Å². The number of rotatable bonds is 3. The van der Waals surface area contributed by atoms with Gasteiger partial charge >= 0.3 is 6.18 Å². The molecule has 0 saturated heterocycles. The number of carbonyl (C=O) groups excluding carboxylic acids is 1. The molecule has 4 nitrogen and oxygen atoms in total. The summed E-state index contributed by atoms with van der Waals surface area (Å²) in [6, 6.07) is 5.32. The van der Waals surface area contributed by atoms with Gasteiger partial charge in [-0.3, -0.25) is 4.79 Å². The van der Waals surface area contributed by atoms with Gasteiger partial charge in [-0.25, -0.2) is 4.39 Å². The van der Waals surface area contributed by atoms with Gasteiger partial charge in [-0.15, -0.1) is 0 Å². The Kier molecular flexibility index (Phi) is 5.31. The second-order valence-electron chi connectivity index (χ2n) is 6.03. The number of carbonyl (C=O) groups is 1. The quantitative estimate of drug-likeness (QED) is 0.546. The summed E-state index contributed by atoms with van der Waals surface area (Å²) in [5, 5.41) is 0. The minimum Gasteiger partial charge on any atom is -0.496 e. The van der Waals surface area contributed by atoms with E-state index in [4.69, 9.17) is 14.2 Å². The molecule has 0 N–H and O–H groups in total. The molecule has 0 saturated carbocycles. The van der Waals surface area contributed by atoms with Gasteiger partial charge in [-0.2, -0.15) is 13.2 Å². The monoisotopic (exact) mass is 396 g/mol. The number of alkyl halides is 3. The zero-order valence-electron chi connectivity index (χ0n) is 15.0. The molecule has 0 radical (unpaired) electrons. The van der Waals surface area contributed by atoms with E-state index in [0.29, 0.717) is 11.8 Å². The van der Waals surface area contributed by atoms with E-state index in [2.05, 4.69) is 0 Å². The number of ketones is 1. The van der Waals surface area contributed by atoms with E-state index in [0.717, 1.165) is 18.2 Å². The maximum atomic E-state index is 13.3. The number of Topliss-reactive ketones (excluding diaryl/α,β-unsaturated/α-hetero) is 1. The van der Waals surface area contributed by atoms with Crippen LogP contribution in [0.3, 0.4) is 0 Å². The summed E-state index contributed by atoms with van der Waals surface area (Å²) in [4.78, 5) is 13.0. The maximum absolute atomic E-state index is 13.3. The lowest BCUT2D eigenvalue weighted by atomic mass is 9.96. The minimum atomic E-state index is -4.76. The standard InChI is InChI=1S/C20H16F4O4/c1-26-14-9-16(27-2)18-17(10-14)28-6-5-12(19(18)25)7-11-3-4-13(21)8-15(11)20(22,23)24/h3-4,7-10H,5-6H2,1-2H3/b12-7+. The Labute approximate surface area is 158 Å². The molecule has 0 spiro atoms. The molecule has 0 aromatic heterocycles. The average Bonchev–Trinajstić information content (AvgIpc) is 2.80. The average molecular weight is 396 g/mol. The smallest absolute Gasteiger partial charge is 0.417 e. The van der Waals surface area contributed by atoms with Gasteiger partial charge in [-0.1, -0.05) is 6.07 Å². The molecule has 0 atom stereocenters. The largest absolute Gasteiger partial charge is 0.496 e. The third-order valence-electron chi connectivity index (χ3n) is 4.29. The molecule has 0 amide bonds. The first-order chi connectivity index (χ1) is 13.2. The molecule has 8 heteroatoms. The van der Waals surface area contributed by atoms with Crippen LogP contribution in [0.5, 0.6) is 17.2 Å². The van der Waals surface area contributed by atoms with Crippen molar-refractivity contribution < 1.29 is 36.6 Å². The molecule has 28 heavy (non-hydrogen) atoms. The molecule has 0 fully saturated rings. The highest BCUT2D eigenvalue weighted by Crippen LogP contribution is 2.39. The summed E-state index contributed by atoms with van der Waals surface area (Å²) in [5.74, 6) is -0.718. The van der Waals surface area contributed by atoms with Gasteiger partial charge in [0, 0.05) is 24.1 Å². The van der Waals surface area contributed by atoms with E-state index in [1.165, 1.54) is 26.4 Å². The Morgan fingerprint density at radius 1 is 1.11 bits per heavy atom. The van der Waals surface area contributed by atoms with Gasteiger partial charge in [0.1, 0.15) is 28.6 Å². The van der Waals surface area contributed by atoms with Crippen LogP contribution in [-0.4, -0.2) is 26.6 Å². The molecule has 1 aliphatic heterocycles. The summed E-state index contributed by atoms with van der Waals surface area (Å²) in [6.45, 7) is 0.0729. The van der Waals surface area contributed by atoms with Crippen LogP contribution in [0.25, 0.3) is 6.08 Å². The maximum Gasteiger partial charge on any atom is 0.417 e. The van der Waals surface area contributed by atoms with Crippen LogP contribution < -0.4 is 14.2 Å². The molecule has 2 aromatic rings. The first-order valence-electron chi connectivity index (χ1n) is 8.25. The first kappa shape index (κ1) is 19.7. The van der Waals surface area contributed by atoms with Gasteiger partial charge < -0.3 is 14.2 Å². The van der Waals surface area contributed by atoms with E-state index in [-0.39, 0.29) is 41.2 Å². The fourth-order valence-electron chi connectivity index (χ4n) is 2.95. The first-order valence-corrected chi connectivity index (χ1v) is 8.25. The second kappa shape index (κ2) is 7.53. The number of methoxy groups -OCH3 is 2. The molecule has 0 aliphatic carbocycles. The number of benzene rings is 2. The molecule has 0 unspecified atom stereocenters. The number of fused-ring (bicyclic) bond motifs is 1. The molecule has 2 aromatic carbocycles. The van der Waals surface area contributed by atoms with Crippen LogP contribution in [0, 0.1) is 5.82 Å². The third kappa shape index (κ3) is 3.81. The lowest BCUT2D eigenvalue weighted by Crippen LogP contribution is -2.09. The molecule has 0 bridgehead atoms. The number of hydrogen-bond donors (Lipinski definition) is 0. The highest BCUT2D eigenvalue weighted by Gasteiger charge is 2.34. The van der Waals surface area contributed by atoms with Crippen molar-refractivity contribution in [3.05, 3.63) is 58.4 Å². The number of hydrogen-bond acceptors (Lipinski definition) is 4. The van der Waals surface area contributed by atoms with Crippen LogP contribution in [-0.2, 0) is 6.18 Å². The van der Waals surface area contributed by atoms with Gasteiger partial charge in [0.15, 0.2) is 5.78 Å². The van der Waals surface area contributed by atoms with Gasteiger partial charge in [0.25, 0.3) is 0 Å². The van der Waals surface area contributed by atoms with Crippen molar-refractivity contribution in [2.45, 2.75) is 12.6 Å². The number of halogens is 4. The highest BCUT2D eigenvalue weighted by molar-refractivity contribution is 6.15. The van der Waals surface area contributed by atoms with E-state index in [1.807, 2.05) is 0 Å². The van der Waals surface area contributed by atoms with Crippen molar-refractivity contribution in [1.82, 2.24) is 0 Å². The Morgan fingerprint density at radius 2 is 1.86 bits per heavy atom. The van der Waals surface area contributed by atoms with Crippen LogP contribution in [0.4, 0.5) is 17.6 Å². The Balaban J connectivity index is 2.12. The zero-order chi connectivity index (χ0) is 20.5. The predicted molar refractivity (Wildman–Crippen MR) is 93.4 cm³/mol. The molecule has 148 valence electrons. The molecule has 1 heterocycles. The van der Waals surface area contributed by atoms with Gasteiger partial charge in [0.2, 0.25) is 0 Å². The van der Waals surface area contributed by atoms with Crippen LogP contribution >= 0.6 is 0 Å². The minimum absolute atomic E-state index is 0.0729. The summed E-state index contributed by atoms with van der Waals surface area (Å²) in [7, 11) is 2.80. The lowest BCUT2D eigenvalue weighted by molar-refractivity contribution is -0.137. The van der Waals surface area contributed by atoms with Crippen molar-refractivity contribution in [2.24, 2.45) is 0 Å². The van der Waals surface area contributed by atoms with Crippen LogP contribution in [0.1, 0.15) is 27.9 Å². The van der Waals surface area contributed by atoms with Gasteiger partial charge in [0.05, 0.1) is 26.4 Å². The molecular formula is C20H16F4O4. The zero-order valence-corrected chi connectivity index (χ0v) is 15.0. The summed E-state index contributed by atoms with van der Waals surface area (Å²) >= 11 is 0. The second-order valence-corrected chi connectivity index (χ2v) is 6.03. The Hall–Kier alpha value is -3.03. The van der Waals surface area contributed by atoms with E-state index in [9.17, 15) is 22.4 Å². The van der Waals surface area contributed by atoms with Crippen LogP contribution in [0.2, 0.25) is 0 Å². The number of ether oxygens (including phenoxy) is 3. The Morgan fingerprint density at radius 3 is 2.50 bits per heavy atom. The summed E-state index contributed by atoms with van der Waals surface area (Å²) in [6.07, 6.45) is -3.57. The fourth-order valence-corrected chi connectivity index (χ4v) is 2.95. The lowest BCUT2D eigenvalue weighted by Gasteiger charge is -2.13. The highest BCUT2D eigenvalue weighted by atomic mass is 19.4. The van der Waals surface area contributed by atoms with Crippen LogP contribution in [0.15, 0.2) is 35.9 Å². The molecular weight excluding hydrogens is 380 g/mol. The van der Waals surface area contributed by atoms with Crippen molar-refractivity contribution >= 4 is 11.9 Å². The Bertz CT molecular complexity index is 948. The van der Waals surface area contributed by atoms with E-state index < -0.39 is 23.3 Å². The molecule has 1 aliphatic rings. The third-order valence-corrected chi connectivity index (χ3v) is 4.29. The van der Waals surface area contributed by atoms with Crippen molar-refractivity contribution in [3.63, 3.8) is 0 Å². The topological polar surface area (TPSA) is 44.8 Å². The fraction of sp³-hybridized carbons (Fsp3) is 0.250. The van der Waals surface area contributed by atoms with Gasteiger partial charge in [-0.05, 0) is 23.8 Å². The summed E-state index contributed by atoms with van der Waals surface area (Å²) < 4.78 is 69.1. The van der Waals surface area contributed by atoms with Crippen molar-refractivity contribution in [1.29, 1.82) is 0 Å². The SMILES string of the molecule is COc1cc(OC)c2c(c1)OCC/C(=C\c1ccc(F)cc1C(F)(F)F)C2=O. The molecule has 3 rings (SSSR count). The van der Waals surface area contributed by atoms with E-state index >= 15 is 0 Å². The van der Waals surface area contributed by atoms with Crippen molar-refractivity contribution in [2.75, 3.05) is 20.8 Å². The van der Waals surface area contributed by atoms with E-state index in [1.54, 1.807) is 0 Å².